The minimum absolute atomic E-state index is 0.298. The summed E-state index contributed by atoms with van der Waals surface area (Å²) in [5.74, 6) is -2.85. The van der Waals surface area contributed by atoms with Crippen molar-refractivity contribution in [1.82, 2.24) is 15.3 Å². The second-order valence-corrected chi connectivity index (χ2v) is 4.19. The van der Waals surface area contributed by atoms with Crippen LogP contribution in [0, 0.1) is 17.5 Å². The average Bonchev–Trinajstić information content (AvgIpc) is 2.88. The Morgan fingerprint density at radius 2 is 1.89 bits per heavy atom. The maximum absolute atomic E-state index is 12.9. The normalized spacial score (nSPS) is 10.9. The van der Waals surface area contributed by atoms with Crippen molar-refractivity contribution in [1.29, 1.82) is 0 Å². The highest BCUT2D eigenvalue weighted by atomic mass is 19.2. The summed E-state index contributed by atoms with van der Waals surface area (Å²) in [6.45, 7) is 0.980. The van der Waals surface area contributed by atoms with Gasteiger partial charge in [0.1, 0.15) is 5.82 Å². The fourth-order valence-electron chi connectivity index (χ4n) is 1.76. The van der Waals surface area contributed by atoms with Gasteiger partial charge >= 0.3 is 0 Å². The molecule has 3 nitrogen and oxygen atoms in total. The monoisotopic (exact) mass is 269 g/mol. The van der Waals surface area contributed by atoms with Crippen molar-refractivity contribution in [3.8, 4) is 0 Å². The minimum atomic E-state index is -1.43. The number of rotatable bonds is 6. The molecule has 0 atom stereocenters. The highest BCUT2D eigenvalue weighted by Crippen LogP contribution is 2.13. The van der Waals surface area contributed by atoms with Gasteiger partial charge < -0.3 is 10.3 Å². The van der Waals surface area contributed by atoms with Crippen LogP contribution >= 0.6 is 0 Å². The van der Waals surface area contributed by atoms with E-state index >= 15 is 0 Å². The second-order valence-electron chi connectivity index (χ2n) is 4.19. The maximum Gasteiger partial charge on any atom is 0.194 e. The number of halogens is 3. The molecule has 0 radical (unpaired) electrons. The molecule has 0 saturated carbocycles. The van der Waals surface area contributed by atoms with E-state index in [4.69, 9.17) is 0 Å². The van der Waals surface area contributed by atoms with Crippen LogP contribution < -0.4 is 5.32 Å². The molecule has 0 amide bonds. The van der Waals surface area contributed by atoms with Gasteiger partial charge in [0.25, 0.3) is 0 Å². The van der Waals surface area contributed by atoms with Crippen LogP contribution in [0.5, 0.6) is 0 Å². The highest BCUT2D eigenvalue weighted by molar-refractivity contribution is 5.19. The topological polar surface area (TPSA) is 40.7 Å². The summed E-state index contributed by atoms with van der Waals surface area (Å²) in [5.41, 5.74) is 0.384. The number of hydrogen-bond acceptors (Lipinski definition) is 2. The number of imidazole rings is 1. The van der Waals surface area contributed by atoms with E-state index in [0.717, 1.165) is 30.8 Å². The number of hydrogen-bond donors (Lipinski definition) is 2. The molecule has 19 heavy (non-hydrogen) atoms. The van der Waals surface area contributed by atoms with Gasteiger partial charge in [-0.2, -0.15) is 0 Å². The molecule has 1 aromatic carbocycles. The summed E-state index contributed by atoms with van der Waals surface area (Å²) in [6.07, 6.45) is 5.09. The lowest BCUT2D eigenvalue weighted by Crippen LogP contribution is -2.16. The Morgan fingerprint density at radius 3 is 2.53 bits per heavy atom. The SMILES string of the molecule is Fc1cc(CNCCCc2ncc[nH]2)cc(F)c1F. The van der Waals surface area contributed by atoms with Crippen molar-refractivity contribution >= 4 is 0 Å². The summed E-state index contributed by atoms with van der Waals surface area (Å²) in [5, 5.41) is 3.04. The third kappa shape index (κ3) is 3.82. The largest absolute Gasteiger partial charge is 0.349 e. The second kappa shape index (κ2) is 6.38. The number of nitrogens with zero attached hydrogens (tertiary/aromatic N) is 1. The van der Waals surface area contributed by atoms with Crippen molar-refractivity contribution in [2.45, 2.75) is 19.4 Å². The van der Waals surface area contributed by atoms with Crippen LogP contribution in [0.25, 0.3) is 0 Å². The number of aromatic amines is 1. The molecule has 0 saturated heterocycles. The zero-order chi connectivity index (χ0) is 13.7. The summed E-state index contributed by atoms with van der Waals surface area (Å²) < 4.78 is 38.6. The van der Waals surface area contributed by atoms with Gasteiger partial charge in [0.05, 0.1) is 0 Å². The molecule has 0 aliphatic rings. The molecule has 2 aromatic rings. The first-order valence-electron chi connectivity index (χ1n) is 5.99. The standard InChI is InChI=1S/C13H14F3N3/c14-10-6-9(7-11(15)13(10)16)8-17-3-1-2-12-18-4-5-19-12/h4-7,17H,1-3,8H2,(H,18,19). The van der Waals surface area contributed by atoms with Crippen molar-refractivity contribution in [3.63, 3.8) is 0 Å². The zero-order valence-corrected chi connectivity index (χ0v) is 10.2. The van der Waals surface area contributed by atoms with Gasteiger partial charge in [0, 0.05) is 25.4 Å². The van der Waals surface area contributed by atoms with E-state index in [-0.39, 0.29) is 0 Å². The van der Waals surface area contributed by atoms with Crippen LogP contribution in [0.3, 0.4) is 0 Å². The Balaban J connectivity index is 1.74. The Kier molecular flexibility index (Phi) is 4.57. The summed E-state index contributed by atoms with van der Waals surface area (Å²) in [6, 6.07) is 2.00. The minimum Gasteiger partial charge on any atom is -0.349 e. The van der Waals surface area contributed by atoms with Gasteiger partial charge in [-0.25, -0.2) is 18.2 Å². The van der Waals surface area contributed by atoms with Crippen molar-refractivity contribution in [2.24, 2.45) is 0 Å². The lowest BCUT2D eigenvalue weighted by Gasteiger charge is -2.05. The van der Waals surface area contributed by atoms with E-state index in [2.05, 4.69) is 15.3 Å². The molecule has 6 heteroatoms. The van der Waals surface area contributed by atoms with Crippen LogP contribution in [-0.2, 0) is 13.0 Å². The molecular formula is C13H14F3N3. The molecule has 102 valence electrons. The number of benzene rings is 1. The van der Waals surface area contributed by atoms with E-state index in [9.17, 15) is 13.2 Å². The number of aryl methyl sites for hydroxylation is 1. The quantitative estimate of drug-likeness (QED) is 0.625. The van der Waals surface area contributed by atoms with Gasteiger partial charge in [-0.05, 0) is 30.7 Å². The van der Waals surface area contributed by atoms with Crippen LogP contribution in [0.15, 0.2) is 24.5 Å². The number of H-pyrrole nitrogens is 1. The third-order valence-corrected chi connectivity index (χ3v) is 2.69. The lowest BCUT2D eigenvalue weighted by atomic mass is 10.2. The fraction of sp³-hybridized carbons (Fsp3) is 0.308. The van der Waals surface area contributed by atoms with Gasteiger partial charge in [0.15, 0.2) is 17.5 Å². The first kappa shape index (κ1) is 13.6. The van der Waals surface area contributed by atoms with E-state index < -0.39 is 17.5 Å². The fourth-order valence-corrected chi connectivity index (χ4v) is 1.76. The molecule has 0 aliphatic carbocycles. The van der Waals surface area contributed by atoms with Crippen LogP contribution in [-0.4, -0.2) is 16.5 Å². The Bertz CT molecular complexity index is 503. The third-order valence-electron chi connectivity index (χ3n) is 2.69. The van der Waals surface area contributed by atoms with Gasteiger partial charge in [-0.1, -0.05) is 0 Å². The molecule has 0 spiro atoms. The first-order chi connectivity index (χ1) is 9.16. The summed E-state index contributed by atoms with van der Waals surface area (Å²) >= 11 is 0. The Labute approximate surface area is 108 Å². The van der Waals surface area contributed by atoms with Crippen molar-refractivity contribution in [2.75, 3.05) is 6.54 Å². The molecule has 0 fully saturated rings. The van der Waals surface area contributed by atoms with Gasteiger partial charge in [-0.15, -0.1) is 0 Å². The van der Waals surface area contributed by atoms with Crippen molar-refractivity contribution < 1.29 is 13.2 Å². The van der Waals surface area contributed by atoms with Crippen LogP contribution in [0.1, 0.15) is 17.8 Å². The van der Waals surface area contributed by atoms with Crippen LogP contribution in [0.2, 0.25) is 0 Å². The van der Waals surface area contributed by atoms with E-state index in [0.29, 0.717) is 18.7 Å². The average molecular weight is 269 g/mol. The predicted molar refractivity (Wildman–Crippen MR) is 64.9 cm³/mol. The predicted octanol–water partition coefficient (Wildman–Crippen LogP) is 2.55. The Morgan fingerprint density at radius 1 is 1.16 bits per heavy atom. The molecule has 1 heterocycles. The molecule has 0 aliphatic heterocycles. The Hall–Kier alpha value is -1.82. The van der Waals surface area contributed by atoms with E-state index in [1.165, 1.54) is 0 Å². The van der Waals surface area contributed by atoms with Crippen molar-refractivity contribution in [3.05, 3.63) is 53.4 Å². The number of nitrogens with one attached hydrogen (secondary N) is 2. The summed E-state index contributed by atoms with van der Waals surface area (Å²) in [4.78, 5) is 7.07. The summed E-state index contributed by atoms with van der Waals surface area (Å²) in [7, 11) is 0. The van der Waals surface area contributed by atoms with E-state index in [1.54, 1.807) is 12.4 Å². The highest BCUT2D eigenvalue weighted by Gasteiger charge is 2.09. The first-order valence-corrected chi connectivity index (χ1v) is 5.99. The molecule has 2 N–H and O–H groups in total. The number of aromatic nitrogens is 2. The maximum atomic E-state index is 12.9. The van der Waals surface area contributed by atoms with Gasteiger partial charge in [-0.3, -0.25) is 0 Å². The lowest BCUT2D eigenvalue weighted by molar-refractivity contribution is 0.444. The smallest absolute Gasteiger partial charge is 0.194 e. The van der Waals surface area contributed by atoms with E-state index in [1.807, 2.05) is 0 Å². The molecule has 2 rings (SSSR count). The van der Waals surface area contributed by atoms with Crippen LogP contribution in [0.4, 0.5) is 13.2 Å². The molecular weight excluding hydrogens is 255 g/mol. The molecule has 0 bridgehead atoms. The molecule has 1 aromatic heterocycles. The zero-order valence-electron chi connectivity index (χ0n) is 10.2. The molecule has 0 unspecified atom stereocenters. The van der Waals surface area contributed by atoms with Gasteiger partial charge in [0.2, 0.25) is 0 Å².